The van der Waals surface area contributed by atoms with Crippen LogP contribution in [-0.2, 0) is 19.1 Å². The van der Waals surface area contributed by atoms with Crippen molar-refractivity contribution in [1.82, 2.24) is 0 Å². The molecule has 0 aliphatic carbocycles. The first-order valence-corrected chi connectivity index (χ1v) is 7.65. The lowest BCUT2D eigenvalue weighted by Crippen LogP contribution is -2.45. The average Bonchev–Trinajstić information content (AvgIpc) is 2.65. The summed E-state index contributed by atoms with van der Waals surface area (Å²) in [6.45, 7) is 1.05. The van der Waals surface area contributed by atoms with Gasteiger partial charge < -0.3 is 14.6 Å². The quantitative estimate of drug-likeness (QED) is 0.757. The van der Waals surface area contributed by atoms with Crippen LogP contribution < -0.4 is 0 Å². The maximum absolute atomic E-state index is 12.1. The van der Waals surface area contributed by atoms with Crippen molar-refractivity contribution < 1.29 is 33.8 Å². The number of carboxylic acid groups (broad SMARTS) is 1. The van der Waals surface area contributed by atoms with Crippen molar-refractivity contribution in [1.29, 1.82) is 0 Å². The summed E-state index contributed by atoms with van der Waals surface area (Å²) in [5.41, 5.74) is 0.243. The van der Waals surface area contributed by atoms with Gasteiger partial charge in [0.15, 0.2) is 5.78 Å². The molecule has 7 heteroatoms. The highest BCUT2D eigenvalue weighted by Gasteiger charge is 2.38. The Bertz CT molecular complexity index is 730. The minimum atomic E-state index is -1.96. The van der Waals surface area contributed by atoms with Gasteiger partial charge in [0.2, 0.25) is 12.2 Å². The van der Waals surface area contributed by atoms with Crippen molar-refractivity contribution in [2.75, 3.05) is 0 Å². The molecule has 0 heterocycles. The number of hydrogen-bond donors (Lipinski definition) is 1. The van der Waals surface area contributed by atoms with E-state index in [4.69, 9.17) is 9.47 Å². The number of carboxylic acids is 1. The van der Waals surface area contributed by atoms with E-state index in [1.54, 1.807) is 36.4 Å². The Morgan fingerprint density at radius 1 is 0.731 bits per heavy atom. The first kappa shape index (κ1) is 18.9. The number of aliphatic carboxylic acids is 1. The van der Waals surface area contributed by atoms with Crippen molar-refractivity contribution in [3.8, 4) is 0 Å². The van der Waals surface area contributed by atoms with E-state index in [0.717, 1.165) is 6.92 Å². The van der Waals surface area contributed by atoms with Crippen LogP contribution in [0.2, 0.25) is 0 Å². The second-order valence-electron chi connectivity index (χ2n) is 5.33. The molecule has 0 aliphatic rings. The number of rotatable bonds is 7. The molecule has 0 amide bonds. The van der Waals surface area contributed by atoms with E-state index >= 15 is 0 Å². The molecule has 0 aliphatic heterocycles. The van der Waals surface area contributed by atoms with Crippen molar-refractivity contribution in [2.24, 2.45) is 0 Å². The molecule has 2 rings (SSSR count). The maximum atomic E-state index is 12.1. The second kappa shape index (κ2) is 8.57. The summed E-state index contributed by atoms with van der Waals surface area (Å²) >= 11 is 0. The minimum absolute atomic E-state index is 0.107. The van der Waals surface area contributed by atoms with Gasteiger partial charge in [-0.05, 0) is 31.2 Å². The molecule has 2 aromatic rings. The van der Waals surface area contributed by atoms with Crippen LogP contribution in [0.15, 0.2) is 60.7 Å². The summed E-state index contributed by atoms with van der Waals surface area (Å²) in [6, 6.07) is 15.4. The van der Waals surface area contributed by atoms with Crippen LogP contribution >= 0.6 is 0 Å². The van der Waals surface area contributed by atoms with Crippen LogP contribution in [0.25, 0.3) is 0 Å². The highest BCUT2D eigenvalue weighted by Crippen LogP contribution is 2.13. The molecular formula is C19H16O7. The lowest BCUT2D eigenvalue weighted by Gasteiger charge is -2.22. The van der Waals surface area contributed by atoms with Crippen molar-refractivity contribution >= 4 is 23.7 Å². The summed E-state index contributed by atoms with van der Waals surface area (Å²) in [5, 5.41) is 9.35. The molecule has 0 spiro atoms. The van der Waals surface area contributed by atoms with Gasteiger partial charge in [0.25, 0.3) is 0 Å². The number of ketones is 1. The maximum Gasteiger partial charge on any atom is 0.349 e. The lowest BCUT2D eigenvalue weighted by molar-refractivity contribution is -0.158. The van der Waals surface area contributed by atoms with E-state index in [1.807, 2.05) is 0 Å². The second-order valence-corrected chi connectivity index (χ2v) is 5.33. The van der Waals surface area contributed by atoms with Crippen LogP contribution in [0.1, 0.15) is 27.6 Å². The number of benzene rings is 2. The largest absolute Gasteiger partial charge is 0.478 e. The molecule has 0 aromatic heterocycles. The van der Waals surface area contributed by atoms with Crippen LogP contribution in [0.5, 0.6) is 0 Å². The molecule has 7 nitrogen and oxygen atoms in total. The molecule has 0 bridgehead atoms. The van der Waals surface area contributed by atoms with Gasteiger partial charge >= 0.3 is 17.9 Å². The van der Waals surface area contributed by atoms with Crippen LogP contribution in [0, 0.1) is 0 Å². The van der Waals surface area contributed by atoms with E-state index in [9.17, 15) is 24.3 Å². The molecule has 2 aromatic carbocycles. The number of Topliss-reactive ketones (excluding diaryl/α,β-unsaturated/α-hetero) is 1. The van der Waals surface area contributed by atoms with Crippen molar-refractivity contribution in [3.63, 3.8) is 0 Å². The van der Waals surface area contributed by atoms with Gasteiger partial charge in [0, 0.05) is 0 Å². The van der Waals surface area contributed by atoms with Gasteiger partial charge in [0.05, 0.1) is 11.1 Å². The average molecular weight is 356 g/mol. The van der Waals surface area contributed by atoms with Gasteiger partial charge in [-0.15, -0.1) is 0 Å². The summed E-state index contributed by atoms with van der Waals surface area (Å²) in [4.78, 5) is 47.6. The molecule has 1 N–H and O–H groups in total. The van der Waals surface area contributed by atoms with Crippen LogP contribution in [-0.4, -0.2) is 41.0 Å². The number of carbonyl (C=O) groups excluding carboxylic acids is 3. The van der Waals surface area contributed by atoms with Crippen molar-refractivity contribution in [3.05, 3.63) is 71.8 Å². The molecule has 0 unspecified atom stereocenters. The molecule has 2 atom stereocenters. The SMILES string of the molecule is CC(=O)[C@@H](OC(=O)c1ccccc1)[C@H](OC(=O)c1ccccc1)C(=O)O. The van der Waals surface area contributed by atoms with Gasteiger partial charge in [-0.25, -0.2) is 14.4 Å². The fraction of sp³-hybridized carbons (Fsp3) is 0.158. The Hall–Kier alpha value is -3.48. The summed E-state index contributed by atoms with van der Waals surface area (Å²) in [7, 11) is 0. The van der Waals surface area contributed by atoms with Gasteiger partial charge in [-0.3, -0.25) is 4.79 Å². The van der Waals surface area contributed by atoms with Gasteiger partial charge in [-0.1, -0.05) is 36.4 Å². The smallest absolute Gasteiger partial charge is 0.349 e. The first-order chi connectivity index (χ1) is 12.4. The van der Waals surface area contributed by atoms with Gasteiger partial charge in [0.1, 0.15) is 0 Å². The Labute approximate surface area is 149 Å². The van der Waals surface area contributed by atoms with Crippen LogP contribution in [0.3, 0.4) is 0 Å². The third kappa shape index (κ3) is 4.76. The van der Waals surface area contributed by atoms with Crippen LogP contribution in [0.4, 0.5) is 0 Å². The number of hydrogen-bond acceptors (Lipinski definition) is 6. The highest BCUT2D eigenvalue weighted by molar-refractivity contribution is 5.96. The predicted molar refractivity (Wildman–Crippen MR) is 89.6 cm³/mol. The molecular weight excluding hydrogens is 340 g/mol. The van der Waals surface area contributed by atoms with E-state index in [0.29, 0.717) is 0 Å². The normalized spacial score (nSPS) is 12.5. The number of ether oxygens (including phenoxy) is 2. The fourth-order valence-electron chi connectivity index (χ4n) is 2.11. The topological polar surface area (TPSA) is 107 Å². The Kier molecular flexibility index (Phi) is 6.21. The molecule has 0 saturated heterocycles. The Morgan fingerprint density at radius 2 is 1.12 bits per heavy atom. The Balaban J connectivity index is 2.20. The fourth-order valence-corrected chi connectivity index (χ4v) is 2.11. The predicted octanol–water partition coefficient (Wildman–Crippen LogP) is 2.11. The monoisotopic (exact) mass is 356 g/mol. The number of carbonyl (C=O) groups is 4. The van der Waals surface area contributed by atoms with E-state index in [-0.39, 0.29) is 11.1 Å². The lowest BCUT2D eigenvalue weighted by atomic mass is 10.1. The summed E-state index contributed by atoms with van der Waals surface area (Å²) in [6.07, 6.45) is -3.74. The van der Waals surface area contributed by atoms with E-state index in [1.165, 1.54) is 24.3 Å². The summed E-state index contributed by atoms with van der Waals surface area (Å²) in [5.74, 6) is -4.20. The Morgan fingerprint density at radius 3 is 1.46 bits per heavy atom. The number of esters is 2. The molecule has 26 heavy (non-hydrogen) atoms. The minimum Gasteiger partial charge on any atom is -0.478 e. The zero-order valence-corrected chi connectivity index (χ0v) is 13.8. The zero-order chi connectivity index (χ0) is 19.1. The molecule has 0 radical (unpaired) electrons. The molecule has 134 valence electrons. The zero-order valence-electron chi connectivity index (χ0n) is 13.8. The van der Waals surface area contributed by atoms with Crippen molar-refractivity contribution in [2.45, 2.75) is 19.1 Å². The van der Waals surface area contributed by atoms with Gasteiger partial charge in [-0.2, -0.15) is 0 Å². The molecule has 0 fully saturated rings. The third-order valence-corrected chi connectivity index (χ3v) is 3.41. The standard InChI is InChI=1S/C19H16O7/c1-12(20)15(25-18(23)13-8-4-2-5-9-13)16(17(21)22)26-19(24)14-10-6-3-7-11-14/h2-11,15-16H,1H3,(H,21,22)/t15-,16+/m1/s1. The summed E-state index contributed by atoms with van der Waals surface area (Å²) < 4.78 is 9.93. The van der Waals surface area contributed by atoms with E-state index < -0.39 is 35.9 Å². The third-order valence-electron chi connectivity index (χ3n) is 3.41. The highest BCUT2D eigenvalue weighted by atomic mass is 16.6. The first-order valence-electron chi connectivity index (χ1n) is 7.65. The van der Waals surface area contributed by atoms with E-state index in [2.05, 4.69) is 0 Å². The molecule has 0 saturated carbocycles.